The maximum atomic E-state index is 12.5. The number of anilines is 1. The van der Waals surface area contributed by atoms with Crippen LogP contribution in [0.5, 0.6) is 11.5 Å². The molecule has 0 spiro atoms. The van der Waals surface area contributed by atoms with Gasteiger partial charge in [-0.1, -0.05) is 0 Å². The highest BCUT2D eigenvalue weighted by atomic mass is 35.5. The Labute approximate surface area is 157 Å². The van der Waals surface area contributed by atoms with Crippen molar-refractivity contribution in [2.75, 3.05) is 25.6 Å². The molecule has 6 nitrogen and oxygen atoms in total. The van der Waals surface area contributed by atoms with Crippen LogP contribution in [0.4, 0.5) is 14.5 Å². The van der Waals surface area contributed by atoms with Gasteiger partial charge >= 0.3 is 12.6 Å². The molecule has 1 unspecified atom stereocenters. The minimum absolute atomic E-state index is 0. The van der Waals surface area contributed by atoms with Gasteiger partial charge in [-0.05, 0) is 37.3 Å². The Morgan fingerprint density at radius 2 is 2.12 bits per heavy atom. The summed E-state index contributed by atoms with van der Waals surface area (Å²) in [5.41, 5.74) is 0.727. The van der Waals surface area contributed by atoms with Gasteiger partial charge in [-0.15, -0.1) is 12.4 Å². The fourth-order valence-corrected chi connectivity index (χ4v) is 2.80. The van der Waals surface area contributed by atoms with Gasteiger partial charge in [-0.2, -0.15) is 8.78 Å². The van der Waals surface area contributed by atoms with Crippen molar-refractivity contribution >= 4 is 24.1 Å². The smallest absolute Gasteiger partial charge is 0.387 e. The lowest BCUT2D eigenvalue weighted by Gasteiger charge is -2.17. The van der Waals surface area contributed by atoms with Gasteiger partial charge in [0.2, 0.25) is 0 Å². The van der Waals surface area contributed by atoms with Crippen molar-refractivity contribution in [1.82, 2.24) is 5.32 Å². The van der Waals surface area contributed by atoms with E-state index in [9.17, 15) is 13.6 Å². The molecule has 2 atom stereocenters. The third-order valence-electron chi connectivity index (χ3n) is 4.32. The number of nitrogens with one attached hydrogen (secondary N) is 2. The number of methoxy groups -OCH3 is 1. The SMILES string of the molecule is COC(=O)[C@@H]1CC(Nc2ccc(OC(F)F)c(OCC3CC3)c2)CN1.Cl. The van der Waals surface area contributed by atoms with Crippen molar-refractivity contribution in [1.29, 1.82) is 0 Å². The summed E-state index contributed by atoms with van der Waals surface area (Å²) in [5, 5.41) is 6.37. The van der Waals surface area contributed by atoms with E-state index < -0.39 is 6.61 Å². The predicted molar refractivity (Wildman–Crippen MR) is 94.4 cm³/mol. The number of hydrogen-bond acceptors (Lipinski definition) is 6. The van der Waals surface area contributed by atoms with Crippen LogP contribution >= 0.6 is 12.4 Å². The zero-order valence-electron chi connectivity index (χ0n) is 14.4. The van der Waals surface area contributed by atoms with Gasteiger partial charge in [0.15, 0.2) is 11.5 Å². The van der Waals surface area contributed by atoms with E-state index >= 15 is 0 Å². The third-order valence-corrected chi connectivity index (χ3v) is 4.32. The number of carbonyl (C=O) groups is 1. The van der Waals surface area contributed by atoms with Crippen LogP contribution in [-0.2, 0) is 9.53 Å². The lowest BCUT2D eigenvalue weighted by molar-refractivity contribution is -0.142. The first-order valence-electron chi connectivity index (χ1n) is 8.34. The van der Waals surface area contributed by atoms with Crippen LogP contribution in [0.3, 0.4) is 0 Å². The first-order valence-corrected chi connectivity index (χ1v) is 8.34. The molecule has 146 valence electrons. The Morgan fingerprint density at radius 1 is 1.35 bits per heavy atom. The maximum Gasteiger partial charge on any atom is 0.387 e. The van der Waals surface area contributed by atoms with E-state index in [1.165, 1.54) is 13.2 Å². The van der Waals surface area contributed by atoms with Crippen LogP contribution in [0.1, 0.15) is 19.3 Å². The Hall–Kier alpha value is -1.80. The molecule has 1 saturated carbocycles. The molecule has 26 heavy (non-hydrogen) atoms. The average molecular weight is 393 g/mol. The summed E-state index contributed by atoms with van der Waals surface area (Å²) < 4.78 is 40.0. The monoisotopic (exact) mass is 392 g/mol. The zero-order chi connectivity index (χ0) is 17.8. The van der Waals surface area contributed by atoms with Gasteiger partial charge in [-0.25, -0.2) is 0 Å². The van der Waals surface area contributed by atoms with E-state index in [-0.39, 0.29) is 36.2 Å². The number of alkyl halides is 2. The second kappa shape index (κ2) is 9.23. The molecule has 2 aliphatic rings. The first kappa shape index (κ1) is 20.5. The lowest BCUT2D eigenvalue weighted by atomic mass is 10.1. The molecular formula is C17H23ClF2N2O4. The minimum atomic E-state index is -2.90. The van der Waals surface area contributed by atoms with E-state index in [0.717, 1.165) is 18.5 Å². The first-order chi connectivity index (χ1) is 12.0. The van der Waals surface area contributed by atoms with Crippen LogP contribution in [0.25, 0.3) is 0 Å². The molecule has 1 aromatic rings. The second-order valence-corrected chi connectivity index (χ2v) is 6.36. The largest absolute Gasteiger partial charge is 0.489 e. The van der Waals surface area contributed by atoms with Crippen molar-refractivity contribution in [3.05, 3.63) is 18.2 Å². The summed E-state index contributed by atoms with van der Waals surface area (Å²) in [6, 6.07) is 4.48. The molecule has 2 N–H and O–H groups in total. The lowest BCUT2D eigenvalue weighted by Crippen LogP contribution is -2.31. The molecule has 9 heteroatoms. The average Bonchev–Trinajstić information content (AvgIpc) is 3.31. The molecular weight excluding hydrogens is 370 g/mol. The number of ether oxygens (including phenoxy) is 3. The number of carbonyl (C=O) groups excluding carboxylic acids is 1. The highest BCUT2D eigenvalue weighted by Gasteiger charge is 2.30. The Balaban J connectivity index is 0.00000243. The van der Waals surface area contributed by atoms with Crippen LogP contribution in [0, 0.1) is 5.92 Å². The Kier molecular flexibility index (Phi) is 7.28. The number of benzene rings is 1. The second-order valence-electron chi connectivity index (χ2n) is 6.36. The topological polar surface area (TPSA) is 68.8 Å². The van der Waals surface area contributed by atoms with E-state index in [4.69, 9.17) is 9.47 Å². The normalized spacial score (nSPS) is 21.8. The summed E-state index contributed by atoms with van der Waals surface area (Å²) in [5.74, 6) is 0.528. The molecule has 1 heterocycles. The van der Waals surface area contributed by atoms with Crippen molar-refractivity contribution < 1.29 is 27.8 Å². The van der Waals surface area contributed by atoms with Gasteiger partial charge in [0.1, 0.15) is 6.04 Å². The van der Waals surface area contributed by atoms with Gasteiger partial charge in [0.05, 0.1) is 13.7 Å². The molecule has 0 aromatic heterocycles. The molecule has 0 bridgehead atoms. The van der Waals surface area contributed by atoms with Gasteiger partial charge in [0, 0.05) is 24.3 Å². The quantitative estimate of drug-likeness (QED) is 0.663. The molecule has 1 aromatic carbocycles. The predicted octanol–water partition coefficient (Wildman–Crippen LogP) is 2.81. The summed E-state index contributed by atoms with van der Waals surface area (Å²) in [7, 11) is 1.36. The number of hydrogen-bond donors (Lipinski definition) is 2. The molecule has 0 amide bonds. The molecule has 1 aliphatic carbocycles. The zero-order valence-corrected chi connectivity index (χ0v) is 15.2. The van der Waals surface area contributed by atoms with Crippen molar-refractivity contribution in [3.8, 4) is 11.5 Å². The van der Waals surface area contributed by atoms with E-state index in [1.807, 2.05) is 0 Å². The fourth-order valence-electron chi connectivity index (χ4n) is 2.80. The highest BCUT2D eigenvalue weighted by molar-refractivity contribution is 5.85. The number of esters is 1. The van der Waals surface area contributed by atoms with Gasteiger partial charge in [0.25, 0.3) is 0 Å². The Bertz CT molecular complexity index is 616. The molecule has 3 rings (SSSR count). The number of rotatable bonds is 8. The third kappa shape index (κ3) is 5.60. The van der Waals surface area contributed by atoms with Crippen molar-refractivity contribution in [2.24, 2.45) is 5.92 Å². The molecule has 0 radical (unpaired) electrons. The maximum absolute atomic E-state index is 12.5. The minimum Gasteiger partial charge on any atom is -0.489 e. The highest BCUT2D eigenvalue weighted by Crippen LogP contribution is 2.35. The fraction of sp³-hybridized carbons (Fsp3) is 0.588. The summed E-state index contributed by atoms with van der Waals surface area (Å²) >= 11 is 0. The Morgan fingerprint density at radius 3 is 2.77 bits per heavy atom. The molecule has 1 saturated heterocycles. The van der Waals surface area contributed by atoms with Crippen molar-refractivity contribution in [3.63, 3.8) is 0 Å². The summed E-state index contributed by atoms with van der Waals surface area (Å²) in [6.45, 7) is -1.80. The van der Waals surface area contributed by atoms with E-state index in [1.54, 1.807) is 12.1 Å². The standard InChI is InChI=1S/C17H22F2N2O4.ClH/c1-23-16(22)13-6-12(8-20-13)21-11-4-5-14(25-17(18)19)15(7-11)24-9-10-2-3-10;/h4-5,7,10,12-13,17,20-21H,2-3,6,8-9H2,1H3;1H/t12?,13-;/m0./s1. The van der Waals surface area contributed by atoms with Gasteiger partial charge in [-0.3, -0.25) is 4.79 Å². The summed E-state index contributed by atoms with van der Waals surface area (Å²) in [4.78, 5) is 11.5. The number of halogens is 3. The van der Waals surface area contributed by atoms with E-state index in [0.29, 0.717) is 31.2 Å². The van der Waals surface area contributed by atoms with E-state index in [2.05, 4.69) is 15.4 Å². The molecule has 1 aliphatic heterocycles. The van der Waals surface area contributed by atoms with Crippen LogP contribution < -0.4 is 20.1 Å². The summed E-state index contributed by atoms with van der Waals surface area (Å²) in [6.07, 6.45) is 2.79. The van der Waals surface area contributed by atoms with Crippen molar-refractivity contribution in [2.45, 2.75) is 38.0 Å². The van der Waals surface area contributed by atoms with Crippen LogP contribution in [0.15, 0.2) is 18.2 Å². The van der Waals surface area contributed by atoms with Crippen LogP contribution in [-0.4, -0.2) is 44.9 Å². The molecule has 2 fully saturated rings. The van der Waals surface area contributed by atoms with Crippen LogP contribution in [0.2, 0.25) is 0 Å². The van der Waals surface area contributed by atoms with Gasteiger partial charge < -0.3 is 24.8 Å².